The van der Waals surface area contributed by atoms with E-state index in [0.717, 1.165) is 11.1 Å². The van der Waals surface area contributed by atoms with E-state index in [2.05, 4.69) is 0 Å². The van der Waals surface area contributed by atoms with Gasteiger partial charge in [0.2, 0.25) is 15.9 Å². The molecule has 1 amide bonds. The molecule has 2 rings (SSSR count). The Morgan fingerprint density at radius 2 is 1.57 bits per heavy atom. The van der Waals surface area contributed by atoms with Gasteiger partial charge < -0.3 is 4.90 Å². The number of carbonyl (C=O) groups is 1. The predicted octanol–water partition coefficient (Wildman–Crippen LogP) is 4.04. The van der Waals surface area contributed by atoms with Gasteiger partial charge in [0.1, 0.15) is 0 Å². The third-order valence-corrected chi connectivity index (χ3v) is 6.67. The molecule has 0 heterocycles. The van der Waals surface area contributed by atoms with E-state index >= 15 is 0 Å². The maximum atomic E-state index is 12.5. The fourth-order valence-electron chi connectivity index (χ4n) is 2.70. The number of nitrogens with zero attached hydrogens (tertiary/aromatic N) is 2. The molecule has 0 aliphatic carbocycles. The van der Waals surface area contributed by atoms with Crippen LogP contribution in [0, 0.1) is 0 Å². The van der Waals surface area contributed by atoms with Gasteiger partial charge in [-0.3, -0.25) is 4.79 Å². The molecule has 0 aromatic heterocycles. The normalized spacial score (nSPS) is 11.9. The first-order valence-electron chi connectivity index (χ1n) is 9.05. The fraction of sp³-hybridized carbons (Fsp3) is 0.286. The first-order valence-corrected chi connectivity index (χ1v) is 10.9. The smallest absolute Gasteiger partial charge is 0.246 e. The Morgan fingerprint density at radius 1 is 1.00 bits per heavy atom. The predicted molar refractivity (Wildman–Crippen MR) is 114 cm³/mol. The number of benzene rings is 2. The molecule has 7 heteroatoms. The SMILES string of the molecule is CCN(CC)S(=O)(=O)c1ccc(/C=C/C(=O)N(C)Cc2ccc(Cl)cc2)cc1. The van der Waals surface area contributed by atoms with E-state index in [-0.39, 0.29) is 10.8 Å². The van der Waals surface area contributed by atoms with Crippen molar-refractivity contribution in [2.24, 2.45) is 0 Å². The Kier molecular flexibility index (Phi) is 7.80. The monoisotopic (exact) mass is 420 g/mol. The van der Waals surface area contributed by atoms with E-state index in [4.69, 9.17) is 11.6 Å². The molecule has 5 nitrogen and oxygen atoms in total. The number of hydrogen-bond acceptors (Lipinski definition) is 3. The summed E-state index contributed by atoms with van der Waals surface area (Å²) in [5.74, 6) is -0.144. The molecule has 0 radical (unpaired) electrons. The maximum absolute atomic E-state index is 12.5. The number of sulfonamides is 1. The Bertz CT molecular complexity index is 919. The Balaban J connectivity index is 2.03. The lowest BCUT2D eigenvalue weighted by Gasteiger charge is -2.18. The standard InChI is InChI=1S/C21H25ClN2O3S/c1-4-24(5-2)28(26,27)20-13-8-17(9-14-20)10-15-21(25)23(3)16-18-6-11-19(22)12-7-18/h6-15H,4-5,16H2,1-3H3/b15-10+. The number of carbonyl (C=O) groups excluding carboxylic acids is 1. The van der Waals surface area contributed by atoms with Crippen LogP contribution < -0.4 is 0 Å². The van der Waals surface area contributed by atoms with Crippen LogP contribution in [0.2, 0.25) is 5.02 Å². The van der Waals surface area contributed by atoms with Crippen LogP contribution in [0.4, 0.5) is 0 Å². The number of rotatable bonds is 8. The summed E-state index contributed by atoms with van der Waals surface area (Å²) in [7, 11) is -1.75. The average molecular weight is 421 g/mol. The van der Waals surface area contributed by atoms with E-state index in [9.17, 15) is 13.2 Å². The highest BCUT2D eigenvalue weighted by Gasteiger charge is 2.20. The van der Waals surface area contributed by atoms with Crippen molar-refractivity contribution in [2.45, 2.75) is 25.3 Å². The molecule has 2 aromatic carbocycles. The molecule has 28 heavy (non-hydrogen) atoms. The molecule has 2 aromatic rings. The van der Waals surface area contributed by atoms with Crippen molar-refractivity contribution in [2.75, 3.05) is 20.1 Å². The number of hydrogen-bond donors (Lipinski definition) is 0. The van der Waals surface area contributed by atoms with E-state index < -0.39 is 10.0 Å². The average Bonchev–Trinajstić information content (AvgIpc) is 2.69. The van der Waals surface area contributed by atoms with Crippen LogP contribution in [-0.2, 0) is 21.4 Å². The second kappa shape index (κ2) is 9.87. The highest BCUT2D eigenvalue weighted by molar-refractivity contribution is 7.89. The molecule has 0 fully saturated rings. The Hall–Kier alpha value is -2.15. The summed E-state index contributed by atoms with van der Waals surface area (Å²) in [5.41, 5.74) is 1.74. The summed E-state index contributed by atoms with van der Waals surface area (Å²) >= 11 is 5.87. The summed E-state index contributed by atoms with van der Waals surface area (Å²) in [5, 5.41) is 0.657. The molecule has 0 aliphatic rings. The molecule has 150 valence electrons. The van der Waals surface area contributed by atoms with E-state index in [1.54, 1.807) is 54.4 Å². The van der Waals surface area contributed by atoms with Crippen LogP contribution >= 0.6 is 11.6 Å². The van der Waals surface area contributed by atoms with Gasteiger partial charge in [0.05, 0.1) is 4.90 Å². The highest BCUT2D eigenvalue weighted by Crippen LogP contribution is 2.17. The van der Waals surface area contributed by atoms with Gasteiger partial charge in [-0.2, -0.15) is 4.31 Å². The lowest BCUT2D eigenvalue weighted by atomic mass is 10.2. The van der Waals surface area contributed by atoms with Crippen molar-refractivity contribution in [1.29, 1.82) is 0 Å². The minimum absolute atomic E-state index is 0.144. The van der Waals surface area contributed by atoms with Crippen LogP contribution in [0.5, 0.6) is 0 Å². The molecule has 0 unspecified atom stereocenters. The van der Waals surface area contributed by atoms with Gasteiger partial charge in [-0.1, -0.05) is 49.7 Å². The van der Waals surface area contributed by atoms with Gasteiger partial charge in [-0.05, 0) is 41.5 Å². The molecular weight excluding hydrogens is 396 g/mol. The zero-order valence-corrected chi connectivity index (χ0v) is 17.9. The van der Waals surface area contributed by atoms with Crippen molar-refractivity contribution in [3.8, 4) is 0 Å². The first-order chi connectivity index (χ1) is 13.3. The highest BCUT2D eigenvalue weighted by atomic mass is 35.5. The second-order valence-corrected chi connectivity index (χ2v) is 8.69. The van der Waals surface area contributed by atoms with Crippen molar-refractivity contribution in [3.05, 3.63) is 70.8 Å². The molecule has 0 aliphatic heterocycles. The Morgan fingerprint density at radius 3 is 2.11 bits per heavy atom. The number of halogens is 1. The van der Waals surface area contributed by atoms with Gasteiger partial charge >= 0.3 is 0 Å². The first kappa shape index (κ1) is 22.1. The van der Waals surface area contributed by atoms with Crippen molar-refractivity contribution < 1.29 is 13.2 Å². The van der Waals surface area contributed by atoms with Crippen LogP contribution in [-0.4, -0.2) is 43.7 Å². The summed E-state index contributed by atoms with van der Waals surface area (Å²) in [6.07, 6.45) is 3.15. The van der Waals surface area contributed by atoms with Gasteiger partial charge in [0, 0.05) is 37.8 Å². The topological polar surface area (TPSA) is 57.7 Å². The van der Waals surface area contributed by atoms with Gasteiger partial charge in [0.25, 0.3) is 0 Å². The van der Waals surface area contributed by atoms with Crippen molar-refractivity contribution in [3.63, 3.8) is 0 Å². The van der Waals surface area contributed by atoms with E-state index in [0.29, 0.717) is 24.7 Å². The summed E-state index contributed by atoms with van der Waals surface area (Å²) < 4.78 is 26.4. The summed E-state index contributed by atoms with van der Waals surface area (Å²) in [4.78, 5) is 14.1. The maximum Gasteiger partial charge on any atom is 0.246 e. The lowest BCUT2D eigenvalue weighted by Crippen LogP contribution is -2.30. The number of likely N-dealkylation sites (N-methyl/N-ethyl adjacent to an activating group) is 1. The van der Waals surface area contributed by atoms with Crippen molar-refractivity contribution in [1.82, 2.24) is 9.21 Å². The molecule has 0 saturated heterocycles. The zero-order chi connectivity index (χ0) is 20.7. The van der Waals surface area contributed by atoms with E-state index in [1.807, 2.05) is 26.0 Å². The van der Waals surface area contributed by atoms with Gasteiger partial charge in [-0.25, -0.2) is 8.42 Å². The minimum atomic E-state index is -3.48. The number of amides is 1. The summed E-state index contributed by atoms with van der Waals surface area (Å²) in [6, 6.07) is 13.9. The summed E-state index contributed by atoms with van der Waals surface area (Å²) in [6.45, 7) is 4.94. The van der Waals surface area contributed by atoms with Gasteiger partial charge in [0.15, 0.2) is 0 Å². The molecule has 0 N–H and O–H groups in total. The van der Waals surface area contributed by atoms with Crippen LogP contribution in [0.1, 0.15) is 25.0 Å². The van der Waals surface area contributed by atoms with Gasteiger partial charge in [-0.15, -0.1) is 0 Å². The van der Waals surface area contributed by atoms with Crippen LogP contribution in [0.3, 0.4) is 0 Å². The minimum Gasteiger partial charge on any atom is -0.338 e. The van der Waals surface area contributed by atoms with Crippen LogP contribution in [0.25, 0.3) is 6.08 Å². The zero-order valence-electron chi connectivity index (χ0n) is 16.3. The quantitative estimate of drug-likeness (QED) is 0.605. The Labute approximate surface area is 172 Å². The lowest BCUT2D eigenvalue weighted by molar-refractivity contribution is -0.125. The molecule has 0 bridgehead atoms. The molecule has 0 spiro atoms. The molecular formula is C21H25ClN2O3S. The third-order valence-electron chi connectivity index (χ3n) is 4.35. The molecule has 0 saturated carbocycles. The fourth-order valence-corrected chi connectivity index (χ4v) is 4.28. The largest absolute Gasteiger partial charge is 0.338 e. The van der Waals surface area contributed by atoms with Crippen molar-refractivity contribution >= 4 is 33.6 Å². The molecule has 0 atom stereocenters. The second-order valence-electron chi connectivity index (χ2n) is 6.31. The van der Waals surface area contributed by atoms with Crippen LogP contribution in [0.15, 0.2) is 59.5 Å². The third kappa shape index (κ3) is 5.67. The van der Waals surface area contributed by atoms with E-state index in [1.165, 1.54) is 10.4 Å².